The zero-order chi connectivity index (χ0) is 12.1. The highest BCUT2D eigenvalue weighted by atomic mass is 32.2. The van der Waals surface area contributed by atoms with E-state index in [-0.39, 0.29) is 17.9 Å². The van der Waals surface area contributed by atoms with Gasteiger partial charge in [0.05, 0.1) is 6.42 Å². The predicted molar refractivity (Wildman–Crippen MR) is 55.3 cm³/mol. The van der Waals surface area contributed by atoms with E-state index in [1.54, 1.807) is 0 Å². The zero-order valence-electron chi connectivity index (χ0n) is 8.28. The Morgan fingerprint density at radius 1 is 1.31 bits per heavy atom. The van der Waals surface area contributed by atoms with Gasteiger partial charge in [-0.15, -0.1) is 0 Å². The summed E-state index contributed by atoms with van der Waals surface area (Å²) in [6, 6.07) is 3.25. The Hall–Kier alpha value is -1.30. The summed E-state index contributed by atoms with van der Waals surface area (Å²) in [4.78, 5) is 10.2. The Kier molecular flexibility index (Phi) is 4.54. The van der Waals surface area contributed by atoms with Gasteiger partial charge in [-0.1, -0.05) is 6.07 Å². The van der Waals surface area contributed by atoms with Gasteiger partial charge in [0.2, 0.25) is 0 Å². The third-order valence-corrected chi connectivity index (χ3v) is 3.17. The molecule has 0 radical (unpaired) electrons. The van der Waals surface area contributed by atoms with E-state index in [1.165, 1.54) is 6.07 Å². The van der Waals surface area contributed by atoms with Crippen molar-refractivity contribution in [1.82, 2.24) is 0 Å². The lowest BCUT2D eigenvalue weighted by Crippen LogP contribution is -2.06. The van der Waals surface area contributed by atoms with E-state index in [1.807, 2.05) is 0 Å². The minimum Gasteiger partial charge on any atom is -0.481 e. The lowest BCUT2D eigenvalue weighted by molar-refractivity contribution is -0.136. The van der Waals surface area contributed by atoms with Gasteiger partial charge in [0.25, 0.3) is 0 Å². The van der Waals surface area contributed by atoms with Crippen molar-refractivity contribution in [2.75, 3.05) is 5.75 Å². The molecule has 88 valence electrons. The number of carbonyl (C=O) groups is 1. The maximum absolute atomic E-state index is 12.8. The molecule has 0 fully saturated rings. The molecule has 0 amide bonds. The van der Waals surface area contributed by atoms with Crippen molar-refractivity contribution in [3.05, 3.63) is 35.4 Å². The molecule has 0 bridgehead atoms. The van der Waals surface area contributed by atoms with Crippen LogP contribution in [0.15, 0.2) is 18.2 Å². The van der Waals surface area contributed by atoms with Gasteiger partial charge in [-0.25, -0.2) is 8.78 Å². The molecule has 1 aromatic carbocycles. The van der Waals surface area contributed by atoms with Crippen molar-refractivity contribution in [3.8, 4) is 0 Å². The summed E-state index contributed by atoms with van der Waals surface area (Å²) in [5.74, 6) is -2.94. The van der Waals surface area contributed by atoms with E-state index >= 15 is 0 Å². The smallest absolute Gasteiger partial charge is 0.304 e. The molecule has 1 aromatic rings. The van der Waals surface area contributed by atoms with E-state index in [9.17, 15) is 17.8 Å². The quantitative estimate of drug-likeness (QED) is 0.862. The number of hydrogen-bond donors (Lipinski definition) is 1. The molecule has 0 saturated carbocycles. The molecule has 1 atom stereocenters. The van der Waals surface area contributed by atoms with E-state index in [0.717, 1.165) is 12.1 Å². The molecule has 1 rings (SSSR count). The molecule has 3 nitrogen and oxygen atoms in total. The summed E-state index contributed by atoms with van der Waals surface area (Å²) >= 11 is 0. The van der Waals surface area contributed by atoms with Crippen LogP contribution in [0.4, 0.5) is 8.78 Å². The average molecular weight is 248 g/mol. The molecule has 6 heteroatoms. The second-order valence-corrected chi connectivity index (χ2v) is 4.76. The summed E-state index contributed by atoms with van der Waals surface area (Å²) in [5.41, 5.74) is 0.391. The summed E-state index contributed by atoms with van der Waals surface area (Å²) in [6.07, 6.45) is -0.198. The summed E-state index contributed by atoms with van der Waals surface area (Å²) in [7, 11) is -1.38. The number of halogens is 2. The van der Waals surface area contributed by atoms with Gasteiger partial charge in [-0.05, 0) is 17.7 Å². The van der Waals surface area contributed by atoms with Gasteiger partial charge in [-0.3, -0.25) is 9.00 Å². The maximum atomic E-state index is 12.8. The monoisotopic (exact) mass is 248 g/mol. The highest BCUT2D eigenvalue weighted by Gasteiger charge is 2.07. The first-order valence-corrected chi connectivity index (χ1v) is 5.98. The van der Waals surface area contributed by atoms with Crippen LogP contribution < -0.4 is 0 Å². The van der Waals surface area contributed by atoms with Crippen LogP contribution in [0, 0.1) is 11.6 Å². The molecular formula is C10H10F2O3S. The molecule has 0 spiro atoms. The fourth-order valence-corrected chi connectivity index (χ4v) is 2.19. The number of carboxylic acids is 1. The largest absolute Gasteiger partial charge is 0.481 e. The lowest BCUT2D eigenvalue weighted by atomic mass is 10.2. The normalized spacial score (nSPS) is 12.4. The lowest BCUT2D eigenvalue weighted by Gasteiger charge is -2.01. The third-order valence-electron chi connectivity index (χ3n) is 1.86. The predicted octanol–water partition coefficient (Wildman–Crippen LogP) is 1.69. The summed E-state index contributed by atoms with van der Waals surface area (Å²) < 4.78 is 36.7. The van der Waals surface area contributed by atoms with Crippen LogP contribution in [0.5, 0.6) is 0 Å². The highest BCUT2D eigenvalue weighted by Crippen LogP contribution is 2.10. The average Bonchev–Trinajstić information content (AvgIpc) is 2.21. The fourth-order valence-electron chi connectivity index (χ4n) is 1.09. The van der Waals surface area contributed by atoms with Crippen LogP contribution in [0.25, 0.3) is 0 Å². The van der Waals surface area contributed by atoms with Gasteiger partial charge in [0.1, 0.15) is 0 Å². The van der Waals surface area contributed by atoms with Gasteiger partial charge in [0.15, 0.2) is 11.6 Å². The Labute approximate surface area is 93.6 Å². The number of carboxylic acid groups (broad SMARTS) is 1. The van der Waals surface area contributed by atoms with Crippen LogP contribution in [0.1, 0.15) is 12.0 Å². The van der Waals surface area contributed by atoms with Crippen LogP contribution in [0.2, 0.25) is 0 Å². The van der Waals surface area contributed by atoms with Crippen molar-refractivity contribution in [1.29, 1.82) is 0 Å². The standard InChI is InChI=1S/C10H10F2O3S/c11-8-2-1-7(5-9(8)12)6-16(15)4-3-10(13)14/h1-2,5H,3-4,6H2,(H,13,14). The number of rotatable bonds is 5. The summed E-state index contributed by atoms with van der Waals surface area (Å²) in [6.45, 7) is 0. The Bertz CT molecular complexity index is 421. The third kappa shape index (κ3) is 4.06. The fraction of sp³-hybridized carbons (Fsp3) is 0.300. The first-order chi connectivity index (χ1) is 7.49. The van der Waals surface area contributed by atoms with E-state index < -0.39 is 28.4 Å². The Morgan fingerprint density at radius 3 is 2.56 bits per heavy atom. The molecule has 0 aliphatic heterocycles. The van der Waals surface area contributed by atoms with Crippen LogP contribution in [-0.4, -0.2) is 21.0 Å². The van der Waals surface area contributed by atoms with Crippen molar-refractivity contribution in [2.24, 2.45) is 0 Å². The molecule has 0 saturated heterocycles. The van der Waals surface area contributed by atoms with Gasteiger partial charge < -0.3 is 5.11 Å². The van der Waals surface area contributed by atoms with Crippen molar-refractivity contribution < 1.29 is 22.9 Å². The van der Waals surface area contributed by atoms with Crippen LogP contribution in [-0.2, 0) is 21.3 Å². The Balaban J connectivity index is 2.56. The maximum Gasteiger partial charge on any atom is 0.304 e. The van der Waals surface area contributed by atoms with Crippen LogP contribution >= 0.6 is 0 Å². The van der Waals surface area contributed by atoms with Gasteiger partial charge in [0, 0.05) is 22.3 Å². The first kappa shape index (κ1) is 12.8. The van der Waals surface area contributed by atoms with Gasteiger partial charge in [-0.2, -0.15) is 0 Å². The minimum atomic E-state index is -1.38. The second kappa shape index (κ2) is 5.69. The van der Waals surface area contributed by atoms with Crippen molar-refractivity contribution in [3.63, 3.8) is 0 Å². The zero-order valence-corrected chi connectivity index (χ0v) is 9.10. The Morgan fingerprint density at radius 2 is 2.00 bits per heavy atom. The number of hydrogen-bond acceptors (Lipinski definition) is 2. The topological polar surface area (TPSA) is 54.4 Å². The van der Waals surface area contributed by atoms with Gasteiger partial charge >= 0.3 is 5.97 Å². The molecule has 0 heterocycles. The van der Waals surface area contributed by atoms with Crippen molar-refractivity contribution in [2.45, 2.75) is 12.2 Å². The first-order valence-electron chi connectivity index (χ1n) is 4.49. The van der Waals surface area contributed by atoms with E-state index in [0.29, 0.717) is 5.56 Å². The molecule has 1 unspecified atom stereocenters. The summed E-state index contributed by atoms with van der Waals surface area (Å²) in [5, 5.41) is 8.36. The van der Waals surface area contributed by atoms with E-state index in [2.05, 4.69) is 0 Å². The molecule has 0 aliphatic rings. The number of aliphatic carboxylic acids is 1. The second-order valence-electron chi connectivity index (χ2n) is 3.18. The minimum absolute atomic E-state index is 0.00826. The molecule has 0 aromatic heterocycles. The molecule has 1 N–H and O–H groups in total. The molecule has 16 heavy (non-hydrogen) atoms. The van der Waals surface area contributed by atoms with Crippen molar-refractivity contribution >= 4 is 16.8 Å². The number of benzene rings is 1. The van der Waals surface area contributed by atoms with Crippen LogP contribution in [0.3, 0.4) is 0 Å². The molecule has 0 aliphatic carbocycles. The highest BCUT2D eigenvalue weighted by molar-refractivity contribution is 7.84. The van der Waals surface area contributed by atoms with E-state index in [4.69, 9.17) is 5.11 Å². The SMILES string of the molecule is O=C(O)CCS(=O)Cc1ccc(F)c(F)c1. The molecular weight excluding hydrogens is 238 g/mol.